The van der Waals surface area contributed by atoms with Crippen molar-refractivity contribution in [3.8, 4) is 0 Å². The molecule has 0 radical (unpaired) electrons. The fourth-order valence-corrected chi connectivity index (χ4v) is 14.6. The van der Waals surface area contributed by atoms with Crippen LogP contribution in [0.1, 0.15) is 112 Å². The van der Waals surface area contributed by atoms with Crippen LogP contribution in [0.25, 0.3) is 0 Å². The molecule has 10 aliphatic heterocycles. The van der Waals surface area contributed by atoms with Gasteiger partial charge in [-0.1, -0.05) is 6.92 Å². The quantitative estimate of drug-likeness (QED) is 0.168. The van der Waals surface area contributed by atoms with Gasteiger partial charge in [-0.2, -0.15) is 25.3 Å². The SMILES string of the molecule is CC1CCC2(C)OC3(C)CCC4OC5CC6OC7CC(OS(=O)(=O)O)C(C)(CCOS(=O)(=O)O)OC7CC6OC5CC4OC3CC2OC2CC3OC4CC(O)(OS(=O)(=O)O)COC4(C)C(O)C3OC12. The molecule has 10 aliphatic rings. The topological polar surface area (TPSA) is 324 Å². The van der Waals surface area contributed by atoms with E-state index < -0.39 is 158 Å². The van der Waals surface area contributed by atoms with Gasteiger partial charge in [0.15, 0.2) is 0 Å². The zero-order valence-electron chi connectivity index (χ0n) is 39.0. The van der Waals surface area contributed by atoms with Crippen LogP contribution in [0.3, 0.4) is 0 Å². The Morgan fingerprint density at radius 3 is 1.75 bits per heavy atom. The lowest BCUT2D eigenvalue weighted by Crippen LogP contribution is -2.73. The molecule has 10 fully saturated rings. The maximum Gasteiger partial charge on any atom is 0.400 e. The van der Waals surface area contributed by atoms with Gasteiger partial charge in [0.25, 0.3) is 0 Å². The van der Waals surface area contributed by atoms with Crippen molar-refractivity contribution in [1.29, 1.82) is 0 Å². The molecule has 5 N–H and O–H groups in total. The van der Waals surface area contributed by atoms with Gasteiger partial charge >= 0.3 is 31.2 Å². The predicted molar refractivity (Wildman–Crippen MR) is 228 cm³/mol. The maximum atomic E-state index is 11.9. The zero-order valence-corrected chi connectivity index (χ0v) is 41.5. The molecular weight excluding hydrogens is 985 g/mol. The molecular formula is C42H66O24S3. The van der Waals surface area contributed by atoms with Gasteiger partial charge in [0, 0.05) is 51.4 Å². The summed E-state index contributed by atoms with van der Waals surface area (Å²) in [6.45, 7) is 8.16. The Morgan fingerprint density at radius 2 is 1.13 bits per heavy atom. The molecule has 0 aromatic heterocycles. The van der Waals surface area contributed by atoms with Gasteiger partial charge in [-0.15, -0.1) is 0 Å². The molecule has 0 bridgehead atoms. The molecule has 0 spiro atoms. The van der Waals surface area contributed by atoms with Gasteiger partial charge < -0.3 is 57.6 Å². The third-order valence-electron chi connectivity index (χ3n) is 17.0. The van der Waals surface area contributed by atoms with Crippen LogP contribution >= 0.6 is 0 Å². The van der Waals surface area contributed by atoms with Gasteiger partial charge in [0.1, 0.15) is 30.5 Å². The second-order valence-corrected chi connectivity index (χ2v) is 25.1. The summed E-state index contributed by atoms with van der Waals surface area (Å²) in [5, 5.41) is 22.7. The number of rotatable bonds is 8. The largest absolute Gasteiger partial charge is 0.400 e. The van der Waals surface area contributed by atoms with Gasteiger partial charge in [0.05, 0.1) is 109 Å². The molecule has 24 nitrogen and oxygen atoms in total. The number of ether oxygens (including phenoxy) is 10. The monoisotopic (exact) mass is 1050 g/mol. The molecule has 69 heavy (non-hydrogen) atoms. The lowest BCUT2D eigenvalue weighted by molar-refractivity contribution is -0.374. The highest BCUT2D eigenvalue weighted by Crippen LogP contribution is 2.53. The first-order valence-corrected chi connectivity index (χ1v) is 28.1. The van der Waals surface area contributed by atoms with Crippen molar-refractivity contribution < 1.29 is 109 Å². The van der Waals surface area contributed by atoms with Crippen molar-refractivity contribution in [1.82, 2.24) is 0 Å². The fraction of sp³-hybridized carbons (Fsp3) is 1.00. The van der Waals surface area contributed by atoms with E-state index in [2.05, 4.69) is 29.1 Å². The van der Waals surface area contributed by atoms with Gasteiger partial charge in [-0.05, 0) is 59.3 Å². The summed E-state index contributed by atoms with van der Waals surface area (Å²) in [6.07, 6.45) is -6.25. The second kappa shape index (κ2) is 17.9. The van der Waals surface area contributed by atoms with Gasteiger partial charge in [-0.3, -0.25) is 13.7 Å². The van der Waals surface area contributed by atoms with Crippen LogP contribution in [0.5, 0.6) is 0 Å². The Kier molecular flexibility index (Phi) is 13.4. The first-order chi connectivity index (χ1) is 32.0. The molecule has 396 valence electrons. The van der Waals surface area contributed by atoms with E-state index in [-0.39, 0.29) is 43.2 Å². The van der Waals surface area contributed by atoms with E-state index in [4.69, 9.17) is 56.1 Å². The minimum atomic E-state index is -5.05. The van der Waals surface area contributed by atoms with Crippen molar-refractivity contribution in [2.24, 2.45) is 5.92 Å². The average Bonchev–Trinajstić information content (AvgIpc) is 3.35. The Labute approximate surface area is 401 Å². The van der Waals surface area contributed by atoms with Crippen LogP contribution in [0, 0.1) is 5.92 Å². The summed E-state index contributed by atoms with van der Waals surface area (Å²) in [5.74, 6) is -2.44. The van der Waals surface area contributed by atoms with Gasteiger partial charge in [-0.25, -0.2) is 12.5 Å². The molecule has 0 aromatic rings. The smallest absolute Gasteiger partial charge is 0.387 e. The summed E-state index contributed by atoms with van der Waals surface area (Å²) < 4.78 is 178. The van der Waals surface area contributed by atoms with Crippen LogP contribution in [-0.2, 0) is 91.1 Å². The van der Waals surface area contributed by atoms with E-state index >= 15 is 0 Å². The highest BCUT2D eigenvalue weighted by Gasteiger charge is 2.65. The summed E-state index contributed by atoms with van der Waals surface area (Å²) in [5.41, 5.74) is -4.29. The molecule has 10 saturated heterocycles. The standard InChI is InChI=1S/C42H66O24S3/c1-20-6-8-39(3)32(60-29-15-30-36(62-35(20)29)37(43)41(5)34(61-30)18-42(44,19-54-41)66-69(51,52)53)17-31-40(4,65-39)9-7-21-22(59-31)12-24-23(56-21)13-25-26(57-24)14-28-27(58-25)16-33(64-68(48,49)50)38(2,63-28)10-11-55-67(45,46)47/h20-37,43-44H,6-19H2,1-5H3,(H,45,46,47)(H,48,49,50)(H,51,52,53). The molecule has 23 unspecified atom stereocenters. The third kappa shape index (κ3) is 10.2. The van der Waals surface area contributed by atoms with Crippen LogP contribution in [0.4, 0.5) is 0 Å². The minimum Gasteiger partial charge on any atom is -0.387 e. The molecule has 0 aromatic carbocycles. The molecule has 10 heterocycles. The number of hydrogen-bond acceptors (Lipinski definition) is 21. The van der Waals surface area contributed by atoms with Crippen LogP contribution in [-0.4, -0.2) is 194 Å². The molecule has 0 amide bonds. The first kappa shape index (κ1) is 51.6. The lowest BCUT2D eigenvalue weighted by Gasteiger charge is -2.59. The van der Waals surface area contributed by atoms with Crippen molar-refractivity contribution in [2.75, 3.05) is 13.2 Å². The van der Waals surface area contributed by atoms with Crippen molar-refractivity contribution in [3.05, 3.63) is 0 Å². The van der Waals surface area contributed by atoms with E-state index in [0.29, 0.717) is 51.4 Å². The van der Waals surface area contributed by atoms with E-state index in [9.17, 15) is 44.6 Å². The highest BCUT2D eigenvalue weighted by molar-refractivity contribution is 7.81. The van der Waals surface area contributed by atoms with E-state index in [1.165, 1.54) is 6.92 Å². The Hall–Kier alpha value is -0.870. The maximum absolute atomic E-state index is 11.9. The van der Waals surface area contributed by atoms with E-state index in [1.807, 2.05) is 0 Å². The van der Waals surface area contributed by atoms with E-state index in [0.717, 1.165) is 6.42 Å². The number of aliphatic hydroxyl groups excluding tert-OH is 1. The molecule has 23 atom stereocenters. The molecule has 10 rings (SSSR count). The fourth-order valence-electron chi connectivity index (χ4n) is 13.3. The normalized spacial score (nSPS) is 53.3. The Bertz CT molecular complexity index is 2280. The minimum absolute atomic E-state index is 0.0159. The summed E-state index contributed by atoms with van der Waals surface area (Å²) in [4.78, 5) is 0. The van der Waals surface area contributed by atoms with Crippen molar-refractivity contribution >= 4 is 31.2 Å². The first-order valence-electron chi connectivity index (χ1n) is 24.0. The van der Waals surface area contributed by atoms with Crippen LogP contribution in [0.15, 0.2) is 0 Å². The van der Waals surface area contributed by atoms with Crippen LogP contribution in [0.2, 0.25) is 0 Å². The third-order valence-corrected chi connectivity index (χ3v) is 18.5. The van der Waals surface area contributed by atoms with E-state index in [1.54, 1.807) is 6.92 Å². The van der Waals surface area contributed by atoms with Crippen LogP contribution < -0.4 is 0 Å². The number of hydrogen-bond donors (Lipinski definition) is 5. The summed E-state index contributed by atoms with van der Waals surface area (Å²) in [7, 11) is -14.8. The van der Waals surface area contributed by atoms with Gasteiger partial charge in [0.2, 0.25) is 5.79 Å². The zero-order chi connectivity index (χ0) is 49.5. The molecule has 0 aliphatic carbocycles. The number of fused-ring (bicyclic) bond motifs is 9. The lowest BCUT2D eigenvalue weighted by atomic mass is 9.73. The Morgan fingerprint density at radius 1 is 0.594 bits per heavy atom. The highest BCUT2D eigenvalue weighted by atomic mass is 32.3. The summed E-state index contributed by atoms with van der Waals surface area (Å²) in [6, 6.07) is 0. The molecule has 27 heteroatoms. The number of aliphatic hydroxyl groups is 2. The predicted octanol–water partition coefficient (Wildman–Crippen LogP) is 1.05. The average molecular weight is 1050 g/mol. The second-order valence-electron chi connectivity index (χ2n) is 22.0. The molecule has 0 saturated carbocycles. The van der Waals surface area contributed by atoms with Crippen molar-refractivity contribution in [3.63, 3.8) is 0 Å². The summed E-state index contributed by atoms with van der Waals surface area (Å²) >= 11 is 0. The Balaban J connectivity index is 0.812. The van der Waals surface area contributed by atoms with Crippen molar-refractivity contribution in [2.45, 2.75) is 244 Å².